The molecule has 1 unspecified atom stereocenters. The Bertz CT molecular complexity index is 388. The van der Waals surface area contributed by atoms with Crippen molar-refractivity contribution in [3.63, 3.8) is 0 Å². The minimum absolute atomic E-state index is 0.0460. The highest BCUT2D eigenvalue weighted by Crippen LogP contribution is 2.11. The van der Waals surface area contributed by atoms with Crippen molar-refractivity contribution in [2.75, 3.05) is 6.61 Å². The first-order chi connectivity index (χ1) is 9.01. The Labute approximate surface area is 115 Å². The molecule has 1 amide bonds. The predicted molar refractivity (Wildman–Crippen MR) is 76.9 cm³/mol. The van der Waals surface area contributed by atoms with Gasteiger partial charge in [0.15, 0.2) is 6.61 Å². The summed E-state index contributed by atoms with van der Waals surface area (Å²) in [5.74, 6) is 1.17. The molecule has 0 aliphatic rings. The summed E-state index contributed by atoms with van der Waals surface area (Å²) < 4.78 is 5.42. The highest BCUT2D eigenvalue weighted by atomic mass is 16.5. The molecule has 0 aliphatic heterocycles. The molecule has 1 aromatic carbocycles. The molecule has 0 radical (unpaired) electrons. The van der Waals surface area contributed by atoms with Crippen LogP contribution in [0.25, 0.3) is 0 Å². The molecule has 1 aromatic rings. The van der Waals surface area contributed by atoms with Gasteiger partial charge in [0.25, 0.3) is 5.91 Å². The summed E-state index contributed by atoms with van der Waals surface area (Å²) in [5, 5.41) is 2.92. The maximum Gasteiger partial charge on any atom is 0.258 e. The molecule has 19 heavy (non-hydrogen) atoms. The smallest absolute Gasteiger partial charge is 0.258 e. The number of hydrogen-bond acceptors (Lipinski definition) is 3. The van der Waals surface area contributed by atoms with Crippen LogP contribution < -0.4 is 15.8 Å². The zero-order valence-corrected chi connectivity index (χ0v) is 12.0. The fraction of sp³-hybridized carbons (Fsp3) is 0.533. The Hall–Kier alpha value is -1.55. The van der Waals surface area contributed by atoms with E-state index in [0.29, 0.717) is 18.2 Å². The molecule has 0 fully saturated rings. The number of carbonyl (C=O) groups is 1. The molecule has 0 heterocycles. The number of nitrogens with two attached hydrogens (primary N) is 1. The molecular weight excluding hydrogens is 240 g/mol. The topological polar surface area (TPSA) is 64.3 Å². The molecule has 0 saturated carbocycles. The fourth-order valence-electron chi connectivity index (χ4n) is 1.95. The van der Waals surface area contributed by atoms with Gasteiger partial charge in [-0.1, -0.05) is 26.0 Å². The van der Waals surface area contributed by atoms with E-state index in [-0.39, 0.29) is 18.6 Å². The van der Waals surface area contributed by atoms with Crippen LogP contribution in [0.2, 0.25) is 0 Å². The molecule has 3 N–H and O–H groups in total. The van der Waals surface area contributed by atoms with E-state index in [4.69, 9.17) is 10.5 Å². The largest absolute Gasteiger partial charge is 0.484 e. The number of amides is 1. The van der Waals surface area contributed by atoms with E-state index in [9.17, 15) is 4.79 Å². The van der Waals surface area contributed by atoms with Gasteiger partial charge in [0.1, 0.15) is 5.75 Å². The molecule has 0 aromatic heterocycles. The number of carbonyl (C=O) groups excluding carboxylic acids is 1. The molecule has 0 spiro atoms. The Morgan fingerprint density at radius 3 is 2.42 bits per heavy atom. The number of hydrogen-bond donors (Lipinski definition) is 2. The van der Waals surface area contributed by atoms with E-state index in [1.165, 1.54) is 0 Å². The summed E-state index contributed by atoms with van der Waals surface area (Å²) in [5.41, 5.74) is 6.56. The highest BCUT2D eigenvalue weighted by Gasteiger charge is 2.09. The minimum atomic E-state index is -0.0870. The van der Waals surface area contributed by atoms with Gasteiger partial charge in [0, 0.05) is 12.6 Å². The van der Waals surface area contributed by atoms with Gasteiger partial charge in [0.05, 0.1) is 0 Å². The first kappa shape index (κ1) is 15.5. The number of rotatable bonds is 7. The molecule has 106 valence electrons. The van der Waals surface area contributed by atoms with Crippen molar-refractivity contribution >= 4 is 5.91 Å². The van der Waals surface area contributed by atoms with Crippen LogP contribution >= 0.6 is 0 Å². The number of nitrogens with one attached hydrogen (secondary N) is 1. The van der Waals surface area contributed by atoms with Gasteiger partial charge in [-0.15, -0.1) is 0 Å². The van der Waals surface area contributed by atoms with E-state index in [1.807, 2.05) is 31.2 Å². The van der Waals surface area contributed by atoms with Crippen LogP contribution in [0.5, 0.6) is 5.75 Å². The predicted octanol–water partition coefficient (Wildman–Crippen LogP) is 2.07. The lowest BCUT2D eigenvalue weighted by Crippen LogP contribution is -2.36. The summed E-state index contributed by atoms with van der Waals surface area (Å²) in [6.07, 6.45) is 0.969. The van der Waals surface area contributed by atoms with Gasteiger partial charge in [-0.2, -0.15) is 0 Å². The molecule has 0 bridgehead atoms. The van der Waals surface area contributed by atoms with Gasteiger partial charge in [-0.3, -0.25) is 4.79 Å². The van der Waals surface area contributed by atoms with Crippen molar-refractivity contribution in [1.29, 1.82) is 0 Å². The van der Waals surface area contributed by atoms with Crippen molar-refractivity contribution in [2.45, 2.75) is 39.8 Å². The van der Waals surface area contributed by atoms with Crippen LogP contribution in [0.1, 0.15) is 32.8 Å². The second-order valence-corrected chi connectivity index (χ2v) is 5.23. The number of benzene rings is 1. The lowest BCUT2D eigenvalue weighted by molar-refractivity contribution is -0.123. The van der Waals surface area contributed by atoms with Crippen LogP contribution in [-0.2, 0) is 11.3 Å². The lowest BCUT2D eigenvalue weighted by atomic mass is 10.1. The zero-order chi connectivity index (χ0) is 14.3. The Balaban J connectivity index is 2.33. The normalized spacial score (nSPS) is 12.3. The Morgan fingerprint density at radius 2 is 1.89 bits per heavy atom. The summed E-state index contributed by atoms with van der Waals surface area (Å²) in [4.78, 5) is 11.7. The molecule has 1 rings (SSSR count). The third kappa shape index (κ3) is 6.25. The van der Waals surface area contributed by atoms with Crippen molar-refractivity contribution in [1.82, 2.24) is 5.32 Å². The van der Waals surface area contributed by atoms with E-state index in [1.54, 1.807) is 0 Å². The summed E-state index contributed by atoms with van der Waals surface area (Å²) >= 11 is 0. The summed E-state index contributed by atoms with van der Waals surface area (Å²) in [6.45, 7) is 6.84. The molecule has 4 heteroatoms. The van der Waals surface area contributed by atoms with Crippen LogP contribution in [-0.4, -0.2) is 18.6 Å². The van der Waals surface area contributed by atoms with Crippen LogP contribution in [0.3, 0.4) is 0 Å². The third-order valence-corrected chi connectivity index (χ3v) is 2.76. The van der Waals surface area contributed by atoms with Crippen molar-refractivity contribution in [2.24, 2.45) is 11.7 Å². The van der Waals surface area contributed by atoms with Gasteiger partial charge < -0.3 is 15.8 Å². The fourth-order valence-corrected chi connectivity index (χ4v) is 1.95. The second-order valence-electron chi connectivity index (χ2n) is 5.23. The number of ether oxygens (including phenoxy) is 1. The van der Waals surface area contributed by atoms with Crippen molar-refractivity contribution in [3.8, 4) is 5.75 Å². The second kappa shape index (κ2) is 7.79. The van der Waals surface area contributed by atoms with E-state index in [2.05, 4.69) is 19.2 Å². The molecular formula is C15H24N2O2. The first-order valence-corrected chi connectivity index (χ1v) is 6.72. The van der Waals surface area contributed by atoms with Gasteiger partial charge in [-0.25, -0.2) is 0 Å². The zero-order valence-electron chi connectivity index (χ0n) is 12.0. The molecule has 1 atom stereocenters. The maximum atomic E-state index is 11.7. The van der Waals surface area contributed by atoms with Crippen molar-refractivity contribution < 1.29 is 9.53 Å². The lowest BCUT2D eigenvalue weighted by Gasteiger charge is -2.16. The standard InChI is InChI=1S/C15H24N2O2/c1-11(2)8-12(3)17-15(18)10-19-14-6-4-13(9-16)5-7-14/h4-7,11-12H,8-10,16H2,1-3H3,(H,17,18). The summed E-state index contributed by atoms with van der Waals surface area (Å²) in [6, 6.07) is 7.62. The summed E-state index contributed by atoms with van der Waals surface area (Å²) in [7, 11) is 0. The molecule has 0 aliphatic carbocycles. The Morgan fingerprint density at radius 1 is 1.26 bits per heavy atom. The first-order valence-electron chi connectivity index (χ1n) is 6.72. The van der Waals surface area contributed by atoms with Crippen molar-refractivity contribution in [3.05, 3.63) is 29.8 Å². The molecule has 0 saturated heterocycles. The van der Waals surface area contributed by atoms with Crippen LogP contribution in [0.15, 0.2) is 24.3 Å². The highest BCUT2D eigenvalue weighted by molar-refractivity contribution is 5.77. The van der Waals surface area contributed by atoms with E-state index in [0.717, 1.165) is 12.0 Å². The van der Waals surface area contributed by atoms with Gasteiger partial charge >= 0.3 is 0 Å². The van der Waals surface area contributed by atoms with Gasteiger partial charge in [0.2, 0.25) is 0 Å². The third-order valence-electron chi connectivity index (χ3n) is 2.76. The Kier molecular flexibility index (Phi) is 6.36. The molecule has 4 nitrogen and oxygen atoms in total. The minimum Gasteiger partial charge on any atom is -0.484 e. The van der Waals surface area contributed by atoms with Crippen LogP contribution in [0.4, 0.5) is 0 Å². The monoisotopic (exact) mass is 264 g/mol. The van der Waals surface area contributed by atoms with Gasteiger partial charge in [-0.05, 0) is 37.0 Å². The van der Waals surface area contributed by atoms with E-state index >= 15 is 0 Å². The quantitative estimate of drug-likeness (QED) is 0.792. The average molecular weight is 264 g/mol. The van der Waals surface area contributed by atoms with E-state index < -0.39 is 0 Å². The van der Waals surface area contributed by atoms with Crippen LogP contribution in [0, 0.1) is 5.92 Å². The average Bonchev–Trinajstić information content (AvgIpc) is 2.36. The SMILES string of the molecule is CC(C)CC(C)NC(=O)COc1ccc(CN)cc1. The maximum absolute atomic E-state index is 11.7.